The van der Waals surface area contributed by atoms with Crippen molar-refractivity contribution in [1.29, 1.82) is 0 Å². The molecule has 7 nitrogen and oxygen atoms in total. The maximum Gasteiger partial charge on any atom is 0.376 e. The Bertz CT molecular complexity index is 705. The fourth-order valence-electron chi connectivity index (χ4n) is 2.93. The molecule has 0 spiro atoms. The van der Waals surface area contributed by atoms with Crippen molar-refractivity contribution in [1.82, 2.24) is 10.2 Å². The Hall–Kier alpha value is -2.41. The van der Waals surface area contributed by atoms with E-state index in [0.717, 1.165) is 5.56 Å². The lowest BCUT2D eigenvalue weighted by Gasteiger charge is -2.22. The van der Waals surface area contributed by atoms with Crippen LogP contribution in [0.25, 0.3) is 0 Å². The summed E-state index contributed by atoms with van der Waals surface area (Å²) in [6.45, 7) is 2.48. The Morgan fingerprint density at radius 2 is 1.89 bits per heavy atom. The highest BCUT2D eigenvalue weighted by atomic mass is 35.5. The number of nitrogens with zero attached hydrogens (tertiary/aromatic N) is 1. The molecule has 0 aliphatic carbocycles. The molecule has 1 aliphatic rings. The van der Waals surface area contributed by atoms with Gasteiger partial charge in [-0.25, -0.2) is 4.79 Å². The maximum absolute atomic E-state index is 12.4. The molecule has 1 fully saturated rings. The molecule has 0 radical (unpaired) electrons. The number of benzene rings is 1. The van der Waals surface area contributed by atoms with E-state index in [1.807, 2.05) is 12.1 Å². The van der Waals surface area contributed by atoms with Gasteiger partial charge in [0.2, 0.25) is 11.8 Å². The van der Waals surface area contributed by atoms with Gasteiger partial charge in [-0.3, -0.25) is 14.4 Å². The summed E-state index contributed by atoms with van der Waals surface area (Å²) in [5.74, 6) is -2.18. The summed E-state index contributed by atoms with van der Waals surface area (Å²) in [4.78, 5) is 49.5. The molecule has 0 aromatic heterocycles. The molecule has 2 amide bonds. The Labute approximate surface area is 163 Å². The molecule has 27 heavy (non-hydrogen) atoms. The van der Waals surface area contributed by atoms with E-state index in [9.17, 15) is 19.2 Å². The monoisotopic (exact) mass is 394 g/mol. The smallest absolute Gasteiger partial charge is 0.376 e. The van der Waals surface area contributed by atoms with Crippen molar-refractivity contribution in [2.75, 3.05) is 13.2 Å². The molecular weight excluding hydrogens is 372 g/mol. The van der Waals surface area contributed by atoms with Gasteiger partial charge in [-0.1, -0.05) is 23.7 Å². The number of Topliss-reactive ketones (excluding diaryl/α,β-unsaturated/α-hetero) is 1. The van der Waals surface area contributed by atoms with Gasteiger partial charge in [-0.15, -0.1) is 0 Å². The third-order valence-corrected chi connectivity index (χ3v) is 4.57. The van der Waals surface area contributed by atoms with Gasteiger partial charge in [0.05, 0.1) is 6.61 Å². The summed E-state index contributed by atoms with van der Waals surface area (Å²) in [6, 6.07) is 6.31. The Morgan fingerprint density at radius 1 is 1.19 bits per heavy atom. The number of hydrogen-bond donors (Lipinski definition) is 1. The SMILES string of the molecule is CCOC(=O)C(=O)[C@@H]1CCCN1C(=O)CCC(=O)NCc1ccc(Cl)cc1. The van der Waals surface area contributed by atoms with Crippen molar-refractivity contribution >= 4 is 35.2 Å². The quantitative estimate of drug-likeness (QED) is 0.536. The van der Waals surface area contributed by atoms with Crippen molar-refractivity contribution in [3.63, 3.8) is 0 Å². The highest BCUT2D eigenvalue weighted by molar-refractivity contribution is 6.36. The van der Waals surface area contributed by atoms with Crippen molar-refractivity contribution in [3.8, 4) is 0 Å². The zero-order chi connectivity index (χ0) is 19.8. The van der Waals surface area contributed by atoms with E-state index in [1.165, 1.54) is 4.90 Å². The van der Waals surface area contributed by atoms with E-state index >= 15 is 0 Å². The van der Waals surface area contributed by atoms with Crippen LogP contribution in [-0.2, 0) is 30.5 Å². The molecule has 1 aromatic rings. The number of ketones is 1. The fraction of sp³-hybridized carbons (Fsp3) is 0.474. The highest BCUT2D eigenvalue weighted by Crippen LogP contribution is 2.20. The van der Waals surface area contributed by atoms with E-state index in [-0.39, 0.29) is 31.3 Å². The van der Waals surface area contributed by atoms with Crippen LogP contribution < -0.4 is 5.32 Å². The Morgan fingerprint density at radius 3 is 2.56 bits per heavy atom. The number of amides is 2. The highest BCUT2D eigenvalue weighted by Gasteiger charge is 2.37. The maximum atomic E-state index is 12.4. The van der Waals surface area contributed by atoms with Gasteiger partial charge in [0.1, 0.15) is 6.04 Å². The molecule has 1 saturated heterocycles. The number of carbonyl (C=O) groups excluding carboxylic acids is 4. The fourth-order valence-corrected chi connectivity index (χ4v) is 3.06. The molecule has 0 bridgehead atoms. The first-order chi connectivity index (χ1) is 12.9. The standard InChI is InChI=1S/C19H23ClN2O5/c1-2-27-19(26)18(25)15-4-3-11-22(15)17(24)10-9-16(23)21-12-13-5-7-14(20)8-6-13/h5-8,15H,2-4,9-12H2,1H3,(H,21,23)/t15-/m0/s1. The predicted molar refractivity (Wildman–Crippen MR) is 98.9 cm³/mol. The van der Waals surface area contributed by atoms with Crippen LogP contribution in [-0.4, -0.2) is 47.7 Å². The van der Waals surface area contributed by atoms with Crippen LogP contribution >= 0.6 is 11.6 Å². The van der Waals surface area contributed by atoms with Gasteiger partial charge < -0.3 is 15.0 Å². The lowest BCUT2D eigenvalue weighted by atomic mass is 10.1. The lowest BCUT2D eigenvalue weighted by molar-refractivity contribution is -0.156. The summed E-state index contributed by atoms with van der Waals surface area (Å²) < 4.78 is 4.72. The summed E-state index contributed by atoms with van der Waals surface area (Å²) >= 11 is 5.81. The average Bonchev–Trinajstić information content (AvgIpc) is 3.15. The Balaban J connectivity index is 1.79. The molecule has 0 unspecified atom stereocenters. The second-order valence-electron chi connectivity index (χ2n) is 6.23. The number of nitrogens with one attached hydrogen (secondary N) is 1. The van der Waals surface area contributed by atoms with Crippen molar-refractivity contribution in [2.24, 2.45) is 0 Å². The first-order valence-corrected chi connectivity index (χ1v) is 9.31. The van der Waals surface area contributed by atoms with Crippen molar-refractivity contribution in [2.45, 2.75) is 45.2 Å². The van der Waals surface area contributed by atoms with Crippen LogP contribution in [0.5, 0.6) is 0 Å². The lowest BCUT2D eigenvalue weighted by Crippen LogP contribution is -2.44. The zero-order valence-electron chi connectivity index (χ0n) is 15.2. The molecular formula is C19H23ClN2O5. The molecule has 8 heteroatoms. The summed E-state index contributed by atoms with van der Waals surface area (Å²) in [6.07, 6.45) is 1.08. The van der Waals surface area contributed by atoms with Gasteiger partial charge >= 0.3 is 5.97 Å². The van der Waals surface area contributed by atoms with E-state index in [4.69, 9.17) is 16.3 Å². The van der Waals surface area contributed by atoms with Crippen LogP contribution in [0.4, 0.5) is 0 Å². The first kappa shape index (κ1) is 20.9. The van der Waals surface area contributed by atoms with Gasteiger partial charge in [-0.05, 0) is 37.5 Å². The number of carbonyl (C=O) groups is 4. The molecule has 146 valence electrons. The summed E-state index contributed by atoms with van der Waals surface area (Å²) in [5, 5.41) is 3.36. The molecule has 1 aromatic carbocycles. The Kier molecular flexibility index (Phi) is 7.79. The molecule has 1 atom stereocenters. The largest absolute Gasteiger partial charge is 0.460 e. The van der Waals surface area contributed by atoms with Crippen molar-refractivity contribution in [3.05, 3.63) is 34.9 Å². The summed E-state index contributed by atoms with van der Waals surface area (Å²) in [7, 11) is 0. The van der Waals surface area contributed by atoms with E-state index < -0.39 is 17.8 Å². The number of esters is 1. The number of ether oxygens (including phenoxy) is 1. The van der Waals surface area contributed by atoms with Crippen LogP contribution in [0, 0.1) is 0 Å². The molecule has 1 aliphatic heterocycles. The second kappa shape index (κ2) is 10.1. The average molecular weight is 395 g/mol. The predicted octanol–water partition coefficient (Wildman–Crippen LogP) is 1.86. The first-order valence-electron chi connectivity index (χ1n) is 8.94. The van der Waals surface area contributed by atoms with Crippen LogP contribution in [0.15, 0.2) is 24.3 Å². The van der Waals surface area contributed by atoms with Crippen LogP contribution in [0.1, 0.15) is 38.2 Å². The summed E-state index contributed by atoms with van der Waals surface area (Å²) in [5.41, 5.74) is 0.902. The minimum absolute atomic E-state index is 0.0148. The number of hydrogen-bond acceptors (Lipinski definition) is 5. The molecule has 2 rings (SSSR count). The topological polar surface area (TPSA) is 92.8 Å². The second-order valence-corrected chi connectivity index (χ2v) is 6.67. The normalized spacial score (nSPS) is 16.1. The van der Waals surface area contributed by atoms with Gasteiger partial charge in [0.15, 0.2) is 0 Å². The molecule has 0 saturated carbocycles. The minimum atomic E-state index is -0.914. The third kappa shape index (κ3) is 6.06. The van der Waals surface area contributed by atoms with Crippen molar-refractivity contribution < 1.29 is 23.9 Å². The van der Waals surface area contributed by atoms with Crippen LogP contribution in [0.2, 0.25) is 5.02 Å². The van der Waals surface area contributed by atoms with E-state index in [1.54, 1.807) is 19.1 Å². The van der Waals surface area contributed by atoms with E-state index in [2.05, 4.69) is 5.32 Å². The van der Waals surface area contributed by atoms with E-state index in [0.29, 0.717) is 31.0 Å². The van der Waals surface area contributed by atoms with Crippen LogP contribution in [0.3, 0.4) is 0 Å². The number of rotatable bonds is 8. The molecule has 1 heterocycles. The number of likely N-dealkylation sites (tertiary alicyclic amines) is 1. The minimum Gasteiger partial charge on any atom is -0.460 e. The molecule has 1 N–H and O–H groups in total. The number of halogens is 1. The third-order valence-electron chi connectivity index (χ3n) is 4.32. The van der Waals surface area contributed by atoms with Gasteiger partial charge in [0.25, 0.3) is 5.78 Å². The zero-order valence-corrected chi connectivity index (χ0v) is 16.0. The van der Waals surface area contributed by atoms with Gasteiger partial charge in [0, 0.05) is 31.0 Å². The van der Waals surface area contributed by atoms with Gasteiger partial charge in [-0.2, -0.15) is 0 Å².